The molecule has 0 unspecified atom stereocenters. The number of carboxylic acids is 1. The Kier molecular flexibility index (Phi) is 4.43. The topological polar surface area (TPSA) is 92.0 Å². The number of aromatic carboxylic acids is 1. The number of para-hydroxylation sites is 1. The largest absolute Gasteiger partial charge is 0.545 e. The number of fused-ring (bicyclic) bond motifs is 1. The van der Waals surface area contributed by atoms with Crippen LogP contribution in [0.4, 0.5) is 11.4 Å². The highest BCUT2D eigenvalue weighted by molar-refractivity contribution is 5.98. The first kappa shape index (κ1) is 18.5. The average molecular weight is 387 g/mol. The minimum atomic E-state index is -1.26. The van der Waals surface area contributed by atoms with Gasteiger partial charge in [-0.05, 0) is 43.7 Å². The molecule has 0 amide bonds. The molecule has 2 heterocycles. The molecule has 0 radical (unpaired) electrons. The summed E-state index contributed by atoms with van der Waals surface area (Å²) in [7, 11) is 1.83. The molecule has 146 valence electrons. The van der Waals surface area contributed by atoms with Crippen LogP contribution in [-0.4, -0.2) is 20.3 Å². The van der Waals surface area contributed by atoms with Gasteiger partial charge < -0.3 is 15.2 Å². The third kappa shape index (κ3) is 3.16. The van der Waals surface area contributed by atoms with Crippen LogP contribution in [0.15, 0.2) is 59.4 Å². The number of anilines is 2. The molecular formula is C22H19N4O3-. The molecule has 0 fully saturated rings. The predicted molar refractivity (Wildman–Crippen MR) is 110 cm³/mol. The minimum absolute atomic E-state index is 0.0591. The Hall–Kier alpha value is -3.87. The van der Waals surface area contributed by atoms with E-state index in [1.54, 1.807) is 15.4 Å². The standard InChI is InChI=1S/C22H20N4O3/c1-13-11-18(17-10-9-15(22(28)29)12-19(17)23-13)24-20-14(2)25(3)26(21(20)27)16-7-5-4-6-8-16/h4-12H,1-3H3,(H,23,24)(H,28,29)/p-1. The first-order chi connectivity index (χ1) is 13.9. The van der Waals surface area contributed by atoms with E-state index in [1.807, 2.05) is 57.3 Å². The van der Waals surface area contributed by atoms with E-state index in [0.717, 1.165) is 16.8 Å². The molecule has 2 aromatic heterocycles. The Bertz CT molecular complexity index is 1300. The van der Waals surface area contributed by atoms with Crippen molar-refractivity contribution in [1.82, 2.24) is 14.3 Å². The van der Waals surface area contributed by atoms with Crippen LogP contribution in [0.1, 0.15) is 21.7 Å². The number of aryl methyl sites for hydroxylation is 1. The molecule has 0 saturated heterocycles. The van der Waals surface area contributed by atoms with Crippen LogP contribution in [0.25, 0.3) is 16.6 Å². The van der Waals surface area contributed by atoms with Crippen molar-refractivity contribution in [2.24, 2.45) is 7.05 Å². The van der Waals surface area contributed by atoms with Crippen LogP contribution < -0.4 is 16.0 Å². The van der Waals surface area contributed by atoms with E-state index in [1.165, 1.54) is 12.1 Å². The Balaban J connectivity index is 1.86. The molecule has 29 heavy (non-hydrogen) atoms. The zero-order chi connectivity index (χ0) is 20.7. The van der Waals surface area contributed by atoms with E-state index in [4.69, 9.17) is 0 Å². The average Bonchev–Trinajstić information content (AvgIpc) is 2.91. The molecule has 0 spiro atoms. The number of nitrogens with zero attached hydrogens (tertiary/aromatic N) is 3. The van der Waals surface area contributed by atoms with Gasteiger partial charge in [0.05, 0.1) is 22.9 Å². The van der Waals surface area contributed by atoms with Crippen LogP contribution in [0, 0.1) is 13.8 Å². The second kappa shape index (κ2) is 6.94. The van der Waals surface area contributed by atoms with Gasteiger partial charge in [0.1, 0.15) is 5.69 Å². The number of hydrogen-bond acceptors (Lipinski definition) is 5. The molecule has 0 aliphatic carbocycles. The van der Waals surface area contributed by atoms with Crippen LogP contribution >= 0.6 is 0 Å². The number of carbonyl (C=O) groups excluding carboxylic acids is 1. The van der Waals surface area contributed by atoms with Gasteiger partial charge in [0.2, 0.25) is 0 Å². The molecule has 0 aliphatic heterocycles. The highest BCUT2D eigenvalue weighted by Crippen LogP contribution is 2.28. The van der Waals surface area contributed by atoms with E-state index in [0.29, 0.717) is 22.6 Å². The maximum absolute atomic E-state index is 13.2. The second-order valence-corrected chi connectivity index (χ2v) is 6.89. The predicted octanol–water partition coefficient (Wildman–Crippen LogP) is 2.45. The van der Waals surface area contributed by atoms with Gasteiger partial charge in [-0.1, -0.05) is 30.3 Å². The number of hydrogen-bond donors (Lipinski definition) is 1. The monoisotopic (exact) mass is 387 g/mol. The number of aromatic nitrogens is 3. The molecule has 2 aromatic carbocycles. The smallest absolute Gasteiger partial charge is 0.295 e. The zero-order valence-corrected chi connectivity index (χ0v) is 16.3. The Morgan fingerprint density at radius 1 is 1.07 bits per heavy atom. The lowest BCUT2D eigenvalue weighted by molar-refractivity contribution is -0.255. The molecule has 4 rings (SSSR count). The van der Waals surface area contributed by atoms with E-state index in [2.05, 4.69) is 10.3 Å². The highest BCUT2D eigenvalue weighted by Gasteiger charge is 2.17. The number of carbonyl (C=O) groups is 1. The Labute approximate surface area is 166 Å². The lowest BCUT2D eigenvalue weighted by Gasteiger charge is -2.11. The highest BCUT2D eigenvalue weighted by atomic mass is 16.4. The van der Waals surface area contributed by atoms with Gasteiger partial charge in [-0.2, -0.15) is 0 Å². The van der Waals surface area contributed by atoms with Gasteiger partial charge in [0.25, 0.3) is 5.56 Å². The number of carboxylic acid groups (broad SMARTS) is 1. The van der Waals surface area contributed by atoms with E-state index in [-0.39, 0.29) is 11.1 Å². The van der Waals surface area contributed by atoms with E-state index in [9.17, 15) is 14.7 Å². The molecule has 1 N–H and O–H groups in total. The Morgan fingerprint density at radius 3 is 2.48 bits per heavy atom. The van der Waals surface area contributed by atoms with Crippen molar-refractivity contribution in [3.63, 3.8) is 0 Å². The minimum Gasteiger partial charge on any atom is -0.545 e. The fraction of sp³-hybridized carbons (Fsp3) is 0.136. The SMILES string of the molecule is Cc1cc(Nc2c(C)n(C)n(-c3ccccc3)c2=O)c2ccc(C(=O)[O-])cc2n1. The summed E-state index contributed by atoms with van der Waals surface area (Å²) in [5.74, 6) is -1.26. The van der Waals surface area contributed by atoms with Crippen LogP contribution in [0.2, 0.25) is 0 Å². The second-order valence-electron chi connectivity index (χ2n) is 6.89. The van der Waals surface area contributed by atoms with Gasteiger partial charge in [-0.15, -0.1) is 0 Å². The van der Waals surface area contributed by atoms with Crippen LogP contribution in [-0.2, 0) is 7.05 Å². The van der Waals surface area contributed by atoms with Crippen molar-refractivity contribution in [3.05, 3.63) is 81.9 Å². The van der Waals surface area contributed by atoms with Crippen molar-refractivity contribution in [2.75, 3.05) is 5.32 Å². The van der Waals surface area contributed by atoms with Gasteiger partial charge in [-0.25, -0.2) is 4.68 Å². The van der Waals surface area contributed by atoms with E-state index < -0.39 is 5.97 Å². The summed E-state index contributed by atoms with van der Waals surface area (Å²) in [5, 5.41) is 15.1. The fourth-order valence-electron chi connectivity index (χ4n) is 3.44. The summed E-state index contributed by atoms with van der Waals surface area (Å²) in [6.07, 6.45) is 0. The normalized spacial score (nSPS) is 11.0. The van der Waals surface area contributed by atoms with Crippen molar-refractivity contribution in [2.45, 2.75) is 13.8 Å². The lowest BCUT2D eigenvalue weighted by atomic mass is 10.1. The molecular weight excluding hydrogens is 368 g/mol. The molecule has 0 saturated carbocycles. The maximum Gasteiger partial charge on any atom is 0.295 e. The molecule has 0 aliphatic rings. The third-order valence-electron chi connectivity index (χ3n) is 4.99. The molecule has 0 atom stereocenters. The maximum atomic E-state index is 13.2. The lowest BCUT2D eigenvalue weighted by Crippen LogP contribution is -2.22. The summed E-state index contributed by atoms with van der Waals surface area (Å²) < 4.78 is 3.40. The van der Waals surface area contributed by atoms with E-state index >= 15 is 0 Å². The van der Waals surface area contributed by atoms with Gasteiger partial charge in [-0.3, -0.25) is 14.5 Å². The number of pyridine rings is 1. The molecule has 4 aromatic rings. The number of benzene rings is 2. The van der Waals surface area contributed by atoms with Gasteiger partial charge in [0.15, 0.2) is 0 Å². The summed E-state index contributed by atoms with van der Waals surface area (Å²) in [5.41, 5.74) is 3.78. The molecule has 0 bridgehead atoms. The quantitative estimate of drug-likeness (QED) is 0.581. The zero-order valence-electron chi connectivity index (χ0n) is 16.3. The fourth-order valence-corrected chi connectivity index (χ4v) is 3.44. The molecule has 7 nitrogen and oxygen atoms in total. The summed E-state index contributed by atoms with van der Waals surface area (Å²) in [6, 6.07) is 15.9. The summed E-state index contributed by atoms with van der Waals surface area (Å²) >= 11 is 0. The molecule has 7 heteroatoms. The van der Waals surface area contributed by atoms with Gasteiger partial charge in [0, 0.05) is 23.8 Å². The van der Waals surface area contributed by atoms with Gasteiger partial charge >= 0.3 is 0 Å². The Morgan fingerprint density at radius 2 is 1.79 bits per heavy atom. The first-order valence-corrected chi connectivity index (χ1v) is 9.10. The van der Waals surface area contributed by atoms with Crippen molar-refractivity contribution >= 4 is 28.2 Å². The third-order valence-corrected chi connectivity index (χ3v) is 4.99. The summed E-state index contributed by atoms with van der Waals surface area (Å²) in [6.45, 7) is 3.68. The van der Waals surface area contributed by atoms with Crippen molar-refractivity contribution in [3.8, 4) is 5.69 Å². The van der Waals surface area contributed by atoms with Crippen LogP contribution in [0.3, 0.4) is 0 Å². The first-order valence-electron chi connectivity index (χ1n) is 9.10. The van der Waals surface area contributed by atoms with Crippen molar-refractivity contribution < 1.29 is 9.90 Å². The number of rotatable bonds is 4. The summed E-state index contributed by atoms with van der Waals surface area (Å²) in [4.78, 5) is 28.7. The van der Waals surface area contributed by atoms with Crippen LogP contribution in [0.5, 0.6) is 0 Å². The number of nitrogens with one attached hydrogen (secondary N) is 1. The van der Waals surface area contributed by atoms with Crippen molar-refractivity contribution in [1.29, 1.82) is 0 Å².